The summed E-state index contributed by atoms with van der Waals surface area (Å²) >= 11 is 9.45. The van der Waals surface area contributed by atoms with Crippen LogP contribution in [-0.2, 0) is 0 Å². The average molecular weight is 275 g/mol. The van der Waals surface area contributed by atoms with E-state index in [9.17, 15) is 0 Å². The second kappa shape index (κ2) is 5.54. The van der Waals surface area contributed by atoms with Gasteiger partial charge in [0.25, 0.3) is 0 Å². The van der Waals surface area contributed by atoms with Gasteiger partial charge in [0.15, 0.2) is 0 Å². The van der Waals surface area contributed by atoms with Crippen LogP contribution in [0.15, 0.2) is 35.3 Å². The monoisotopic (exact) mass is 273 g/mol. The highest BCUT2D eigenvalue weighted by Crippen LogP contribution is 2.28. The summed E-state index contributed by atoms with van der Waals surface area (Å²) in [6, 6.07) is 6.07. The van der Waals surface area contributed by atoms with Crippen molar-refractivity contribution < 1.29 is 0 Å². The normalized spacial score (nSPS) is 12.5. The Morgan fingerprint density at radius 3 is 2.93 bits per heavy atom. The first-order valence-corrected chi connectivity index (χ1v) is 5.59. The molecule has 0 heterocycles. The van der Waals surface area contributed by atoms with Crippen molar-refractivity contribution in [3.63, 3.8) is 0 Å². The molecule has 1 nitrogen and oxygen atoms in total. The lowest BCUT2D eigenvalue weighted by Crippen LogP contribution is -2.15. The molecule has 1 aromatic rings. The summed E-state index contributed by atoms with van der Waals surface area (Å²) in [5, 5.41) is 3.98. The third-order valence-corrected chi connectivity index (χ3v) is 3.04. The van der Waals surface area contributed by atoms with Gasteiger partial charge < -0.3 is 5.32 Å². The SMILES string of the molecule is C=CCC(NC)c1cc(Cl)ccc1Br. The molecule has 1 atom stereocenters. The van der Waals surface area contributed by atoms with Gasteiger partial charge in [0, 0.05) is 15.5 Å². The average Bonchev–Trinajstić information content (AvgIpc) is 2.18. The zero-order chi connectivity index (χ0) is 10.6. The van der Waals surface area contributed by atoms with Crippen LogP contribution in [0.25, 0.3) is 0 Å². The maximum atomic E-state index is 5.94. The van der Waals surface area contributed by atoms with E-state index in [1.54, 1.807) is 0 Å². The zero-order valence-corrected chi connectivity index (χ0v) is 10.4. The van der Waals surface area contributed by atoms with E-state index >= 15 is 0 Å². The fourth-order valence-corrected chi connectivity index (χ4v) is 2.05. The predicted molar refractivity (Wildman–Crippen MR) is 65.8 cm³/mol. The molecule has 0 aromatic heterocycles. The molecule has 3 heteroatoms. The van der Waals surface area contributed by atoms with E-state index in [4.69, 9.17) is 11.6 Å². The van der Waals surface area contributed by atoms with Gasteiger partial charge in [0.2, 0.25) is 0 Å². The third-order valence-electron chi connectivity index (χ3n) is 2.08. The molecule has 0 saturated heterocycles. The molecule has 1 aromatic carbocycles. The topological polar surface area (TPSA) is 12.0 Å². The van der Waals surface area contributed by atoms with Crippen molar-refractivity contribution >= 4 is 27.5 Å². The van der Waals surface area contributed by atoms with Crippen LogP contribution in [0.1, 0.15) is 18.0 Å². The van der Waals surface area contributed by atoms with Crippen molar-refractivity contribution in [1.29, 1.82) is 0 Å². The van der Waals surface area contributed by atoms with Crippen molar-refractivity contribution in [1.82, 2.24) is 5.32 Å². The standard InChI is InChI=1S/C11H13BrClN/c1-3-4-11(14-2)9-7-8(13)5-6-10(9)12/h3,5-7,11,14H,1,4H2,2H3. The molecule has 0 fully saturated rings. The highest BCUT2D eigenvalue weighted by atomic mass is 79.9. The summed E-state index contributed by atoms with van der Waals surface area (Å²) in [5.41, 5.74) is 1.17. The maximum Gasteiger partial charge on any atom is 0.0410 e. The molecule has 0 bridgehead atoms. The number of halogens is 2. The zero-order valence-electron chi connectivity index (χ0n) is 8.06. The molecule has 0 aliphatic carbocycles. The Morgan fingerprint density at radius 1 is 1.64 bits per heavy atom. The maximum absolute atomic E-state index is 5.94. The quantitative estimate of drug-likeness (QED) is 0.820. The minimum Gasteiger partial charge on any atom is -0.313 e. The Labute approximate surface area is 98.3 Å². The van der Waals surface area contributed by atoms with Crippen LogP contribution in [0.2, 0.25) is 5.02 Å². The van der Waals surface area contributed by atoms with Gasteiger partial charge >= 0.3 is 0 Å². The van der Waals surface area contributed by atoms with E-state index < -0.39 is 0 Å². The Morgan fingerprint density at radius 2 is 2.36 bits per heavy atom. The first-order chi connectivity index (χ1) is 6.69. The Hall–Kier alpha value is -0.310. The lowest BCUT2D eigenvalue weighted by atomic mass is 10.0. The Kier molecular flexibility index (Phi) is 4.66. The Balaban J connectivity index is 3.01. The predicted octanol–water partition coefficient (Wildman–Crippen LogP) is 3.94. The smallest absolute Gasteiger partial charge is 0.0410 e. The summed E-state index contributed by atoms with van der Waals surface area (Å²) < 4.78 is 1.07. The summed E-state index contributed by atoms with van der Waals surface area (Å²) in [7, 11) is 1.93. The van der Waals surface area contributed by atoms with Crippen LogP contribution < -0.4 is 5.32 Å². The van der Waals surface area contributed by atoms with Crippen LogP contribution in [0, 0.1) is 0 Å². The third kappa shape index (κ3) is 2.84. The number of nitrogens with one attached hydrogen (secondary N) is 1. The van der Waals surface area contributed by atoms with Crippen molar-refractivity contribution in [2.45, 2.75) is 12.5 Å². The van der Waals surface area contributed by atoms with Crippen molar-refractivity contribution in [2.24, 2.45) is 0 Å². The molecule has 0 saturated carbocycles. The lowest BCUT2D eigenvalue weighted by Gasteiger charge is -2.16. The molecule has 0 amide bonds. The van der Waals surface area contributed by atoms with Crippen LogP contribution in [0.3, 0.4) is 0 Å². The number of benzene rings is 1. The van der Waals surface area contributed by atoms with Crippen LogP contribution in [0.4, 0.5) is 0 Å². The van der Waals surface area contributed by atoms with Gasteiger partial charge in [-0.15, -0.1) is 6.58 Å². The van der Waals surface area contributed by atoms with E-state index in [1.807, 2.05) is 31.3 Å². The molecular weight excluding hydrogens is 261 g/mol. The number of hydrogen-bond acceptors (Lipinski definition) is 1. The number of hydrogen-bond donors (Lipinski definition) is 1. The van der Waals surface area contributed by atoms with Gasteiger partial charge in [-0.1, -0.05) is 33.6 Å². The highest BCUT2D eigenvalue weighted by Gasteiger charge is 2.10. The molecule has 0 spiro atoms. The summed E-state index contributed by atoms with van der Waals surface area (Å²) in [6.07, 6.45) is 2.78. The molecule has 1 rings (SSSR count). The van der Waals surface area contributed by atoms with E-state index in [0.29, 0.717) is 0 Å². The summed E-state index contributed by atoms with van der Waals surface area (Å²) in [5.74, 6) is 0. The van der Waals surface area contributed by atoms with Gasteiger partial charge in [-0.05, 0) is 37.2 Å². The molecule has 0 aliphatic heterocycles. The number of rotatable bonds is 4. The van der Waals surface area contributed by atoms with Crippen molar-refractivity contribution in [3.05, 3.63) is 45.9 Å². The highest BCUT2D eigenvalue weighted by molar-refractivity contribution is 9.10. The summed E-state index contributed by atoms with van der Waals surface area (Å²) in [6.45, 7) is 3.74. The van der Waals surface area contributed by atoms with E-state index in [2.05, 4.69) is 27.8 Å². The fraction of sp³-hybridized carbons (Fsp3) is 0.273. The minimum absolute atomic E-state index is 0.264. The van der Waals surface area contributed by atoms with Crippen molar-refractivity contribution in [3.8, 4) is 0 Å². The fourth-order valence-electron chi connectivity index (χ4n) is 1.35. The van der Waals surface area contributed by atoms with E-state index in [0.717, 1.165) is 15.9 Å². The van der Waals surface area contributed by atoms with Gasteiger partial charge in [-0.25, -0.2) is 0 Å². The second-order valence-electron chi connectivity index (χ2n) is 3.03. The molecule has 76 valence electrons. The van der Waals surface area contributed by atoms with Gasteiger partial charge in [0.1, 0.15) is 0 Å². The first-order valence-electron chi connectivity index (χ1n) is 4.42. The van der Waals surface area contributed by atoms with E-state index in [-0.39, 0.29) is 6.04 Å². The summed E-state index contributed by atoms with van der Waals surface area (Å²) in [4.78, 5) is 0. The van der Waals surface area contributed by atoms with Crippen LogP contribution in [-0.4, -0.2) is 7.05 Å². The Bertz CT molecular complexity index is 325. The van der Waals surface area contributed by atoms with Crippen LogP contribution >= 0.6 is 27.5 Å². The molecule has 1 unspecified atom stereocenters. The van der Waals surface area contributed by atoms with Gasteiger partial charge in [-0.3, -0.25) is 0 Å². The van der Waals surface area contributed by atoms with E-state index in [1.165, 1.54) is 5.56 Å². The van der Waals surface area contributed by atoms with Crippen LogP contribution in [0.5, 0.6) is 0 Å². The minimum atomic E-state index is 0.264. The molecule has 14 heavy (non-hydrogen) atoms. The first kappa shape index (κ1) is 11.8. The van der Waals surface area contributed by atoms with Gasteiger partial charge in [-0.2, -0.15) is 0 Å². The molecule has 1 N–H and O–H groups in total. The van der Waals surface area contributed by atoms with Gasteiger partial charge in [0.05, 0.1) is 0 Å². The molecular formula is C11H13BrClN. The van der Waals surface area contributed by atoms with Crippen molar-refractivity contribution in [2.75, 3.05) is 7.05 Å². The second-order valence-corrected chi connectivity index (χ2v) is 4.32. The largest absolute Gasteiger partial charge is 0.313 e. The lowest BCUT2D eigenvalue weighted by molar-refractivity contribution is 0.601. The molecule has 0 radical (unpaired) electrons. The molecule has 0 aliphatic rings.